The van der Waals surface area contributed by atoms with Crippen LogP contribution >= 0.6 is 0 Å². The van der Waals surface area contributed by atoms with Gasteiger partial charge in [0.25, 0.3) is 0 Å². The molecule has 0 spiro atoms. The topological polar surface area (TPSA) is 49.2 Å². The lowest BCUT2D eigenvalue weighted by atomic mass is 10.1. The highest BCUT2D eigenvalue weighted by Crippen LogP contribution is 2.23. The Labute approximate surface area is 123 Å². The average molecular weight is 279 g/mol. The van der Waals surface area contributed by atoms with E-state index in [9.17, 15) is 5.11 Å². The number of rotatable bonds is 4. The van der Waals surface area contributed by atoms with Crippen LogP contribution in [0.4, 0.5) is 5.82 Å². The number of aliphatic hydroxyl groups excluding tert-OH is 1. The van der Waals surface area contributed by atoms with Gasteiger partial charge in [0.15, 0.2) is 0 Å². The van der Waals surface area contributed by atoms with E-state index in [1.165, 1.54) is 0 Å². The van der Waals surface area contributed by atoms with Crippen LogP contribution in [-0.4, -0.2) is 22.1 Å². The average Bonchev–Trinajstić information content (AvgIpc) is 2.54. The van der Waals surface area contributed by atoms with E-state index in [0.29, 0.717) is 0 Å². The van der Waals surface area contributed by atoms with Gasteiger partial charge in [-0.1, -0.05) is 24.3 Å². The van der Waals surface area contributed by atoms with E-state index in [0.717, 1.165) is 34.4 Å². The Morgan fingerprint density at radius 1 is 1.14 bits per heavy atom. The van der Waals surface area contributed by atoms with Gasteiger partial charge in [-0.2, -0.15) is 0 Å². The summed E-state index contributed by atoms with van der Waals surface area (Å²) >= 11 is 0. The molecule has 106 valence electrons. The van der Waals surface area contributed by atoms with Crippen molar-refractivity contribution < 1.29 is 5.11 Å². The monoisotopic (exact) mass is 279 g/mol. The van der Waals surface area contributed by atoms with Crippen molar-refractivity contribution in [3.05, 3.63) is 66.0 Å². The number of hydrogen-bond donors (Lipinski definition) is 1. The summed E-state index contributed by atoms with van der Waals surface area (Å²) in [6, 6.07) is 13.8. The molecule has 21 heavy (non-hydrogen) atoms. The fourth-order valence-corrected chi connectivity index (χ4v) is 2.40. The molecular formula is C17H17N3O. The summed E-state index contributed by atoms with van der Waals surface area (Å²) in [4.78, 5) is 10.9. The van der Waals surface area contributed by atoms with Gasteiger partial charge in [0.2, 0.25) is 0 Å². The zero-order valence-electron chi connectivity index (χ0n) is 11.9. The molecule has 2 heterocycles. The molecule has 0 radical (unpaired) electrons. The van der Waals surface area contributed by atoms with Crippen molar-refractivity contribution in [2.24, 2.45) is 0 Å². The first-order chi connectivity index (χ1) is 10.3. The van der Waals surface area contributed by atoms with Crippen LogP contribution in [0.5, 0.6) is 0 Å². The van der Waals surface area contributed by atoms with Gasteiger partial charge in [0, 0.05) is 31.4 Å². The molecule has 0 unspecified atom stereocenters. The number of para-hydroxylation sites is 1. The predicted molar refractivity (Wildman–Crippen MR) is 84.0 cm³/mol. The summed E-state index contributed by atoms with van der Waals surface area (Å²) in [5.74, 6) is 0.849. The second kappa shape index (κ2) is 5.89. The summed E-state index contributed by atoms with van der Waals surface area (Å²) in [5.41, 5.74) is 2.92. The number of aromatic nitrogens is 2. The molecule has 1 aromatic carbocycles. The highest BCUT2D eigenvalue weighted by atomic mass is 16.3. The molecule has 4 heteroatoms. The van der Waals surface area contributed by atoms with E-state index < -0.39 is 0 Å². The Kier molecular flexibility index (Phi) is 3.79. The smallest absolute Gasteiger partial charge is 0.129 e. The Morgan fingerprint density at radius 2 is 2.00 bits per heavy atom. The number of anilines is 1. The van der Waals surface area contributed by atoms with Crippen LogP contribution in [0.1, 0.15) is 11.1 Å². The van der Waals surface area contributed by atoms with E-state index in [-0.39, 0.29) is 6.61 Å². The lowest BCUT2D eigenvalue weighted by molar-refractivity contribution is 0.283. The first-order valence-electron chi connectivity index (χ1n) is 6.87. The number of fused-ring (bicyclic) bond motifs is 1. The highest BCUT2D eigenvalue weighted by Gasteiger charge is 2.09. The van der Waals surface area contributed by atoms with Crippen LogP contribution in [-0.2, 0) is 13.2 Å². The van der Waals surface area contributed by atoms with E-state index in [1.54, 1.807) is 6.20 Å². The van der Waals surface area contributed by atoms with Crippen molar-refractivity contribution in [3.63, 3.8) is 0 Å². The maximum Gasteiger partial charge on any atom is 0.129 e. The minimum absolute atomic E-state index is 0.0107. The zero-order valence-corrected chi connectivity index (χ0v) is 11.9. The fraction of sp³-hybridized carbons (Fsp3) is 0.176. The standard InChI is InChI=1S/C17H17N3O/c1-20(11-13-5-4-8-18-10-13)17-9-14(12-21)15-6-2-3-7-16(15)19-17/h2-10,21H,11-12H2,1H3. The number of aliphatic hydroxyl groups is 1. The minimum atomic E-state index is 0.0107. The summed E-state index contributed by atoms with van der Waals surface area (Å²) in [5, 5.41) is 10.6. The van der Waals surface area contributed by atoms with Gasteiger partial charge in [-0.05, 0) is 29.3 Å². The van der Waals surface area contributed by atoms with E-state index >= 15 is 0 Å². The van der Waals surface area contributed by atoms with E-state index in [1.807, 2.05) is 55.7 Å². The molecular weight excluding hydrogens is 262 g/mol. The van der Waals surface area contributed by atoms with Gasteiger partial charge >= 0.3 is 0 Å². The molecule has 4 nitrogen and oxygen atoms in total. The van der Waals surface area contributed by atoms with Crippen LogP contribution in [0.15, 0.2) is 54.9 Å². The first-order valence-corrected chi connectivity index (χ1v) is 6.87. The molecule has 0 aliphatic carbocycles. The fourth-order valence-electron chi connectivity index (χ4n) is 2.40. The van der Waals surface area contributed by atoms with Crippen molar-refractivity contribution >= 4 is 16.7 Å². The van der Waals surface area contributed by atoms with E-state index in [2.05, 4.69) is 14.9 Å². The van der Waals surface area contributed by atoms with Gasteiger partial charge < -0.3 is 10.0 Å². The third-order valence-electron chi connectivity index (χ3n) is 3.49. The molecule has 0 saturated heterocycles. The van der Waals surface area contributed by atoms with Crippen LogP contribution in [0.25, 0.3) is 10.9 Å². The van der Waals surface area contributed by atoms with Crippen molar-refractivity contribution in [3.8, 4) is 0 Å². The van der Waals surface area contributed by atoms with Crippen molar-refractivity contribution in [1.29, 1.82) is 0 Å². The Morgan fingerprint density at radius 3 is 2.76 bits per heavy atom. The molecule has 0 aliphatic heterocycles. The second-order valence-corrected chi connectivity index (χ2v) is 5.03. The normalized spacial score (nSPS) is 10.8. The molecule has 0 fully saturated rings. The van der Waals surface area contributed by atoms with Crippen molar-refractivity contribution in [2.75, 3.05) is 11.9 Å². The van der Waals surface area contributed by atoms with Crippen LogP contribution in [0.2, 0.25) is 0 Å². The molecule has 3 rings (SSSR count). The maximum atomic E-state index is 9.58. The Balaban J connectivity index is 1.96. The second-order valence-electron chi connectivity index (χ2n) is 5.03. The van der Waals surface area contributed by atoms with Gasteiger partial charge in [-0.15, -0.1) is 0 Å². The van der Waals surface area contributed by atoms with E-state index in [4.69, 9.17) is 0 Å². The maximum absolute atomic E-state index is 9.58. The third-order valence-corrected chi connectivity index (χ3v) is 3.49. The van der Waals surface area contributed by atoms with Crippen molar-refractivity contribution in [2.45, 2.75) is 13.2 Å². The van der Waals surface area contributed by atoms with Crippen LogP contribution in [0.3, 0.4) is 0 Å². The summed E-state index contributed by atoms with van der Waals surface area (Å²) < 4.78 is 0. The molecule has 0 amide bonds. The van der Waals surface area contributed by atoms with Gasteiger partial charge in [-0.3, -0.25) is 4.98 Å². The SMILES string of the molecule is CN(Cc1cccnc1)c1cc(CO)c2ccccc2n1. The quantitative estimate of drug-likeness (QED) is 0.798. The molecule has 3 aromatic rings. The lowest BCUT2D eigenvalue weighted by Crippen LogP contribution is -2.18. The minimum Gasteiger partial charge on any atom is -0.392 e. The predicted octanol–water partition coefficient (Wildman–Crippen LogP) is 2.76. The molecule has 0 bridgehead atoms. The third kappa shape index (κ3) is 2.85. The molecule has 1 N–H and O–H groups in total. The largest absolute Gasteiger partial charge is 0.392 e. The van der Waals surface area contributed by atoms with Gasteiger partial charge in [0.05, 0.1) is 12.1 Å². The van der Waals surface area contributed by atoms with Gasteiger partial charge in [0.1, 0.15) is 5.82 Å². The molecule has 0 atom stereocenters. The molecule has 0 aliphatic rings. The van der Waals surface area contributed by atoms with Gasteiger partial charge in [-0.25, -0.2) is 4.98 Å². The summed E-state index contributed by atoms with van der Waals surface area (Å²) in [6.45, 7) is 0.737. The number of hydrogen-bond acceptors (Lipinski definition) is 4. The number of benzene rings is 1. The number of nitrogens with zero attached hydrogens (tertiary/aromatic N) is 3. The summed E-state index contributed by atoms with van der Waals surface area (Å²) in [6.07, 6.45) is 3.62. The number of pyridine rings is 2. The highest BCUT2D eigenvalue weighted by molar-refractivity contribution is 5.84. The Bertz CT molecular complexity index is 743. The van der Waals surface area contributed by atoms with Crippen LogP contribution < -0.4 is 4.90 Å². The lowest BCUT2D eigenvalue weighted by Gasteiger charge is -2.19. The van der Waals surface area contributed by atoms with Crippen molar-refractivity contribution in [1.82, 2.24) is 9.97 Å². The zero-order chi connectivity index (χ0) is 14.7. The van der Waals surface area contributed by atoms with Crippen LogP contribution in [0, 0.1) is 0 Å². The molecule has 0 saturated carbocycles. The summed E-state index contributed by atoms with van der Waals surface area (Å²) in [7, 11) is 1.99. The molecule has 2 aromatic heterocycles. The first kappa shape index (κ1) is 13.5. The Hall–Kier alpha value is -2.46.